The highest BCUT2D eigenvalue weighted by atomic mass is 19.4. The monoisotopic (exact) mass is 536 g/mol. The highest BCUT2D eigenvalue weighted by molar-refractivity contribution is 6.08. The molecule has 1 unspecified atom stereocenters. The Balaban J connectivity index is 1.66. The van der Waals surface area contributed by atoms with E-state index in [2.05, 4.69) is 5.32 Å². The number of halogens is 5. The zero-order valence-corrected chi connectivity index (χ0v) is 21.0. The topological polar surface area (TPSA) is 76.5 Å². The van der Waals surface area contributed by atoms with E-state index in [9.17, 15) is 31.5 Å². The van der Waals surface area contributed by atoms with Crippen molar-refractivity contribution in [1.29, 1.82) is 5.41 Å². The van der Waals surface area contributed by atoms with Crippen LogP contribution in [0.4, 0.5) is 22.0 Å². The molecule has 0 aliphatic carbocycles. The third kappa shape index (κ3) is 5.37. The van der Waals surface area contributed by atoms with Crippen LogP contribution in [0.15, 0.2) is 48.5 Å². The van der Waals surface area contributed by atoms with Crippen LogP contribution in [0.3, 0.4) is 0 Å². The number of nitrogens with zero attached hydrogens (tertiary/aromatic N) is 2. The Morgan fingerprint density at radius 3 is 2.39 bits per heavy atom. The van der Waals surface area contributed by atoms with Crippen molar-refractivity contribution in [2.24, 2.45) is 5.92 Å². The molecule has 38 heavy (non-hydrogen) atoms. The highest BCUT2D eigenvalue weighted by Crippen LogP contribution is 2.37. The molecule has 2 aromatic carbocycles. The van der Waals surface area contributed by atoms with E-state index >= 15 is 0 Å². The van der Waals surface area contributed by atoms with Gasteiger partial charge in [-0.3, -0.25) is 19.9 Å². The zero-order valence-electron chi connectivity index (χ0n) is 21.0. The molecule has 204 valence electrons. The SMILES string of the molecule is CC(C)CCC1(c2ccccc2)NC(=N)N(Cc2ccc(C(F)(F)F)c(C(=O)N3CCC(F)(F)C3)c2)C1=O. The first-order valence-corrected chi connectivity index (χ1v) is 12.3. The van der Waals surface area contributed by atoms with Gasteiger partial charge in [0.05, 0.1) is 24.2 Å². The minimum atomic E-state index is -4.89. The molecular weight excluding hydrogens is 507 g/mol. The van der Waals surface area contributed by atoms with Crippen LogP contribution in [0.2, 0.25) is 0 Å². The van der Waals surface area contributed by atoms with Gasteiger partial charge >= 0.3 is 6.18 Å². The Morgan fingerprint density at radius 1 is 1.13 bits per heavy atom. The van der Waals surface area contributed by atoms with Crippen LogP contribution in [-0.4, -0.2) is 46.6 Å². The summed E-state index contributed by atoms with van der Waals surface area (Å²) in [6, 6.07) is 11.8. The van der Waals surface area contributed by atoms with Crippen molar-refractivity contribution in [2.45, 2.75) is 57.3 Å². The molecule has 0 aromatic heterocycles. The number of likely N-dealkylation sites (tertiary alicyclic amines) is 1. The summed E-state index contributed by atoms with van der Waals surface area (Å²) in [6.45, 7) is 2.44. The molecule has 11 heteroatoms. The number of carbonyl (C=O) groups is 2. The summed E-state index contributed by atoms with van der Waals surface area (Å²) in [5.41, 5.74) is -2.38. The van der Waals surface area contributed by atoms with Gasteiger partial charge in [0, 0.05) is 13.0 Å². The van der Waals surface area contributed by atoms with Gasteiger partial charge in [-0.2, -0.15) is 13.2 Å². The van der Waals surface area contributed by atoms with Gasteiger partial charge in [0.2, 0.25) is 0 Å². The Labute approximate surface area is 217 Å². The van der Waals surface area contributed by atoms with Gasteiger partial charge in [0.15, 0.2) is 5.96 Å². The van der Waals surface area contributed by atoms with E-state index in [-0.39, 0.29) is 30.5 Å². The maximum Gasteiger partial charge on any atom is 0.417 e. The summed E-state index contributed by atoms with van der Waals surface area (Å²) < 4.78 is 68.5. The summed E-state index contributed by atoms with van der Waals surface area (Å²) in [7, 11) is 0. The lowest BCUT2D eigenvalue weighted by Gasteiger charge is -2.28. The lowest BCUT2D eigenvalue weighted by molar-refractivity contribution is -0.138. The van der Waals surface area contributed by atoms with Crippen molar-refractivity contribution < 1.29 is 31.5 Å². The van der Waals surface area contributed by atoms with Gasteiger partial charge in [-0.25, -0.2) is 8.78 Å². The fraction of sp³-hybridized carbons (Fsp3) is 0.444. The third-order valence-corrected chi connectivity index (χ3v) is 6.99. The molecule has 2 fully saturated rings. The van der Waals surface area contributed by atoms with Gasteiger partial charge < -0.3 is 10.2 Å². The van der Waals surface area contributed by atoms with Crippen molar-refractivity contribution >= 4 is 17.8 Å². The number of carbonyl (C=O) groups excluding carboxylic acids is 2. The number of alkyl halides is 5. The molecule has 4 rings (SSSR count). The fourth-order valence-electron chi connectivity index (χ4n) is 4.92. The van der Waals surface area contributed by atoms with Crippen molar-refractivity contribution in [2.75, 3.05) is 13.1 Å². The number of hydrogen-bond donors (Lipinski definition) is 2. The van der Waals surface area contributed by atoms with Crippen molar-refractivity contribution in [1.82, 2.24) is 15.1 Å². The number of guanidine groups is 1. The second-order valence-electron chi connectivity index (χ2n) is 10.3. The standard InChI is InChI=1S/C27H29F5N4O2/c1-17(2)10-11-26(19-6-4-3-5-7-19)23(38)36(24(33)34-26)15-18-8-9-21(27(30,31)32)20(14-18)22(37)35-13-12-25(28,29)16-35/h3-9,14,17H,10-13,15-16H2,1-2H3,(H2,33,34). The second kappa shape index (κ2) is 9.99. The number of hydrogen-bond acceptors (Lipinski definition) is 3. The predicted molar refractivity (Wildman–Crippen MR) is 131 cm³/mol. The van der Waals surface area contributed by atoms with E-state index in [1.165, 1.54) is 0 Å². The number of benzene rings is 2. The first kappa shape index (κ1) is 27.5. The van der Waals surface area contributed by atoms with Crippen LogP contribution in [0.5, 0.6) is 0 Å². The van der Waals surface area contributed by atoms with Gasteiger partial charge in [0.1, 0.15) is 5.54 Å². The van der Waals surface area contributed by atoms with Crippen molar-refractivity contribution in [3.63, 3.8) is 0 Å². The van der Waals surface area contributed by atoms with Crippen molar-refractivity contribution in [3.05, 3.63) is 70.8 Å². The molecule has 0 radical (unpaired) electrons. The average molecular weight is 537 g/mol. The molecule has 2 amide bonds. The van der Waals surface area contributed by atoms with E-state index in [0.717, 1.165) is 23.1 Å². The minimum Gasteiger partial charge on any atom is -0.338 e. The first-order valence-electron chi connectivity index (χ1n) is 12.3. The summed E-state index contributed by atoms with van der Waals surface area (Å²) in [5.74, 6) is -4.68. The lowest BCUT2D eigenvalue weighted by Crippen LogP contribution is -2.44. The van der Waals surface area contributed by atoms with Crippen LogP contribution in [0.25, 0.3) is 0 Å². The molecule has 0 spiro atoms. The summed E-state index contributed by atoms with van der Waals surface area (Å²) in [4.78, 5) is 28.5. The third-order valence-electron chi connectivity index (χ3n) is 6.99. The van der Waals surface area contributed by atoms with Crippen LogP contribution < -0.4 is 5.32 Å². The maximum absolute atomic E-state index is 13.8. The lowest BCUT2D eigenvalue weighted by atomic mass is 9.83. The summed E-state index contributed by atoms with van der Waals surface area (Å²) in [6.07, 6.45) is -4.44. The van der Waals surface area contributed by atoms with Crippen LogP contribution in [-0.2, 0) is 23.1 Å². The Bertz CT molecular complexity index is 1230. The van der Waals surface area contributed by atoms with Crippen LogP contribution in [0.1, 0.15) is 60.2 Å². The number of nitrogens with one attached hydrogen (secondary N) is 2. The molecule has 6 nitrogen and oxygen atoms in total. The largest absolute Gasteiger partial charge is 0.417 e. The van der Waals surface area contributed by atoms with E-state index in [0.29, 0.717) is 23.3 Å². The van der Waals surface area contributed by atoms with Gasteiger partial charge in [-0.1, -0.05) is 50.2 Å². The summed E-state index contributed by atoms with van der Waals surface area (Å²) in [5, 5.41) is 11.5. The van der Waals surface area contributed by atoms with E-state index in [4.69, 9.17) is 5.41 Å². The zero-order chi connectivity index (χ0) is 27.9. The molecule has 2 aliphatic heterocycles. The molecule has 2 heterocycles. The minimum absolute atomic E-state index is 0.167. The molecular formula is C27H29F5N4O2. The quantitative estimate of drug-likeness (QED) is 0.467. The Morgan fingerprint density at radius 2 is 1.82 bits per heavy atom. The maximum atomic E-state index is 13.8. The number of rotatable bonds is 7. The van der Waals surface area contributed by atoms with Gasteiger partial charge in [0.25, 0.3) is 17.7 Å². The molecule has 2 saturated heterocycles. The van der Waals surface area contributed by atoms with Crippen LogP contribution >= 0.6 is 0 Å². The molecule has 1 atom stereocenters. The summed E-state index contributed by atoms with van der Waals surface area (Å²) >= 11 is 0. The predicted octanol–water partition coefficient (Wildman–Crippen LogP) is 5.38. The fourth-order valence-corrected chi connectivity index (χ4v) is 4.92. The normalized spacial score (nSPS) is 21.4. The Hall–Kier alpha value is -3.50. The molecule has 2 N–H and O–H groups in total. The average Bonchev–Trinajstić information content (AvgIpc) is 3.34. The Kier molecular flexibility index (Phi) is 7.24. The highest BCUT2D eigenvalue weighted by Gasteiger charge is 2.50. The smallest absolute Gasteiger partial charge is 0.338 e. The molecule has 2 aromatic rings. The molecule has 0 bridgehead atoms. The van der Waals surface area contributed by atoms with E-state index < -0.39 is 53.5 Å². The van der Waals surface area contributed by atoms with Crippen LogP contribution in [0, 0.1) is 11.3 Å². The molecule has 2 aliphatic rings. The molecule has 0 saturated carbocycles. The van der Waals surface area contributed by atoms with Gasteiger partial charge in [-0.15, -0.1) is 0 Å². The van der Waals surface area contributed by atoms with E-state index in [1.54, 1.807) is 30.3 Å². The van der Waals surface area contributed by atoms with E-state index in [1.807, 2.05) is 13.8 Å². The first-order chi connectivity index (χ1) is 17.7. The second-order valence-corrected chi connectivity index (χ2v) is 10.3. The van der Waals surface area contributed by atoms with Gasteiger partial charge in [-0.05, 0) is 42.0 Å². The number of amides is 2. The van der Waals surface area contributed by atoms with Crippen molar-refractivity contribution in [3.8, 4) is 0 Å².